The number of fused-ring (bicyclic) bond motifs is 1. The molecule has 3 rings (SSSR count). The van der Waals surface area contributed by atoms with E-state index in [0.29, 0.717) is 24.7 Å². The molecule has 2 aromatic rings. The highest BCUT2D eigenvalue weighted by atomic mass is 19.1. The van der Waals surface area contributed by atoms with E-state index in [2.05, 4.69) is 10.2 Å². The second-order valence-electron chi connectivity index (χ2n) is 5.79. The number of amides is 1. The molecule has 0 unspecified atom stereocenters. The number of nitrogens with one attached hydrogen (secondary N) is 1. The van der Waals surface area contributed by atoms with Gasteiger partial charge in [-0.05, 0) is 42.8 Å². The Hall–Kier alpha value is -2.76. The Morgan fingerprint density at radius 1 is 1.28 bits per heavy atom. The number of para-hydroxylation sites is 2. The van der Waals surface area contributed by atoms with Crippen LogP contribution in [0.15, 0.2) is 48.5 Å². The molecule has 0 aromatic heterocycles. The molecule has 0 fully saturated rings. The SMILES string of the molecule is CNC(=O)[C@@H]1CN(CCCOc2ccc(F)cc2)c2ccccc2O1. The number of rotatable bonds is 6. The third-order valence-electron chi connectivity index (χ3n) is 4.05. The van der Waals surface area contributed by atoms with Crippen molar-refractivity contribution in [3.63, 3.8) is 0 Å². The zero-order valence-electron chi connectivity index (χ0n) is 14.1. The summed E-state index contributed by atoms with van der Waals surface area (Å²) in [4.78, 5) is 14.1. The molecule has 132 valence electrons. The molecule has 1 heterocycles. The lowest BCUT2D eigenvalue weighted by atomic mass is 10.1. The van der Waals surface area contributed by atoms with E-state index in [4.69, 9.17) is 9.47 Å². The van der Waals surface area contributed by atoms with Gasteiger partial charge in [0.2, 0.25) is 0 Å². The Bertz CT molecular complexity index is 721. The number of benzene rings is 2. The van der Waals surface area contributed by atoms with E-state index in [9.17, 15) is 9.18 Å². The number of ether oxygens (including phenoxy) is 2. The first kappa shape index (κ1) is 17.1. The van der Waals surface area contributed by atoms with Crippen LogP contribution in [0.2, 0.25) is 0 Å². The van der Waals surface area contributed by atoms with Gasteiger partial charge in [-0.25, -0.2) is 4.39 Å². The largest absolute Gasteiger partial charge is 0.494 e. The van der Waals surface area contributed by atoms with Crippen LogP contribution in [0.5, 0.6) is 11.5 Å². The fraction of sp³-hybridized carbons (Fsp3) is 0.316. The minimum Gasteiger partial charge on any atom is -0.494 e. The zero-order chi connectivity index (χ0) is 17.6. The molecule has 0 saturated heterocycles. The van der Waals surface area contributed by atoms with E-state index in [0.717, 1.165) is 18.7 Å². The van der Waals surface area contributed by atoms with Crippen molar-refractivity contribution in [2.45, 2.75) is 12.5 Å². The average molecular weight is 344 g/mol. The molecule has 5 nitrogen and oxygen atoms in total. The van der Waals surface area contributed by atoms with Crippen LogP contribution in [0.1, 0.15) is 6.42 Å². The van der Waals surface area contributed by atoms with Crippen LogP contribution in [0.3, 0.4) is 0 Å². The van der Waals surface area contributed by atoms with Crippen LogP contribution in [-0.2, 0) is 4.79 Å². The van der Waals surface area contributed by atoms with Crippen molar-refractivity contribution < 1.29 is 18.7 Å². The van der Waals surface area contributed by atoms with Crippen LogP contribution in [0, 0.1) is 5.82 Å². The van der Waals surface area contributed by atoms with E-state index in [1.54, 1.807) is 19.2 Å². The van der Waals surface area contributed by atoms with Crippen LogP contribution in [0.25, 0.3) is 0 Å². The van der Waals surface area contributed by atoms with E-state index < -0.39 is 6.10 Å². The topological polar surface area (TPSA) is 50.8 Å². The predicted molar refractivity (Wildman–Crippen MR) is 93.6 cm³/mol. The van der Waals surface area contributed by atoms with Crippen LogP contribution in [0.4, 0.5) is 10.1 Å². The van der Waals surface area contributed by atoms with Crippen molar-refractivity contribution >= 4 is 11.6 Å². The number of hydrogen-bond donors (Lipinski definition) is 1. The van der Waals surface area contributed by atoms with Crippen molar-refractivity contribution in [1.82, 2.24) is 5.32 Å². The van der Waals surface area contributed by atoms with Gasteiger partial charge in [0, 0.05) is 13.6 Å². The molecule has 0 aliphatic carbocycles. The molecule has 2 aromatic carbocycles. The maximum absolute atomic E-state index is 12.9. The van der Waals surface area contributed by atoms with Crippen LogP contribution >= 0.6 is 0 Å². The molecule has 1 atom stereocenters. The molecule has 1 aliphatic heterocycles. The highest BCUT2D eigenvalue weighted by Gasteiger charge is 2.29. The zero-order valence-corrected chi connectivity index (χ0v) is 14.1. The highest BCUT2D eigenvalue weighted by molar-refractivity contribution is 5.83. The first-order chi connectivity index (χ1) is 12.2. The maximum atomic E-state index is 12.9. The molecule has 1 amide bonds. The van der Waals surface area contributed by atoms with Crippen molar-refractivity contribution in [3.05, 3.63) is 54.3 Å². The van der Waals surface area contributed by atoms with Gasteiger partial charge in [0.1, 0.15) is 17.3 Å². The van der Waals surface area contributed by atoms with Gasteiger partial charge in [-0.1, -0.05) is 12.1 Å². The molecule has 25 heavy (non-hydrogen) atoms. The van der Waals surface area contributed by atoms with Crippen molar-refractivity contribution in [2.75, 3.05) is 31.6 Å². The predicted octanol–water partition coefficient (Wildman–Crippen LogP) is 2.61. The Morgan fingerprint density at radius 2 is 2.04 bits per heavy atom. The Morgan fingerprint density at radius 3 is 2.80 bits per heavy atom. The molecule has 0 spiro atoms. The lowest BCUT2D eigenvalue weighted by Gasteiger charge is -2.35. The van der Waals surface area contributed by atoms with Gasteiger partial charge in [0.15, 0.2) is 6.10 Å². The van der Waals surface area contributed by atoms with Gasteiger partial charge in [0.05, 0.1) is 18.8 Å². The number of halogens is 1. The summed E-state index contributed by atoms with van der Waals surface area (Å²) < 4.78 is 24.3. The smallest absolute Gasteiger partial charge is 0.262 e. The number of nitrogens with zero attached hydrogens (tertiary/aromatic N) is 1. The summed E-state index contributed by atoms with van der Waals surface area (Å²) in [7, 11) is 1.60. The minimum absolute atomic E-state index is 0.137. The fourth-order valence-electron chi connectivity index (χ4n) is 2.79. The summed E-state index contributed by atoms with van der Waals surface area (Å²) in [5.74, 6) is 0.938. The number of anilines is 1. The molecular weight excluding hydrogens is 323 g/mol. The van der Waals surface area contributed by atoms with E-state index >= 15 is 0 Å². The Kier molecular flexibility index (Phi) is 5.38. The second kappa shape index (κ2) is 7.88. The van der Waals surface area contributed by atoms with Crippen LogP contribution < -0.4 is 19.7 Å². The van der Waals surface area contributed by atoms with Crippen LogP contribution in [-0.4, -0.2) is 38.8 Å². The maximum Gasteiger partial charge on any atom is 0.262 e. The molecule has 1 N–H and O–H groups in total. The van der Waals surface area contributed by atoms with Gasteiger partial charge in [0.25, 0.3) is 5.91 Å². The minimum atomic E-state index is -0.530. The quantitative estimate of drug-likeness (QED) is 0.819. The average Bonchev–Trinajstić information content (AvgIpc) is 2.65. The second-order valence-corrected chi connectivity index (χ2v) is 5.79. The molecular formula is C19H21FN2O3. The first-order valence-electron chi connectivity index (χ1n) is 8.28. The molecule has 6 heteroatoms. The summed E-state index contributed by atoms with van der Waals surface area (Å²) in [5, 5.41) is 2.63. The monoisotopic (exact) mass is 344 g/mol. The number of carbonyl (C=O) groups excluding carboxylic acids is 1. The molecule has 0 saturated carbocycles. The summed E-state index contributed by atoms with van der Waals surface area (Å²) >= 11 is 0. The Balaban J connectivity index is 1.58. The summed E-state index contributed by atoms with van der Waals surface area (Å²) in [6, 6.07) is 13.7. The van der Waals surface area contributed by atoms with Gasteiger partial charge in [-0.3, -0.25) is 4.79 Å². The molecule has 1 aliphatic rings. The lowest BCUT2D eigenvalue weighted by molar-refractivity contribution is -0.127. The highest BCUT2D eigenvalue weighted by Crippen LogP contribution is 2.33. The van der Waals surface area contributed by atoms with Gasteiger partial charge >= 0.3 is 0 Å². The number of likely N-dealkylation sites (N-methyl/N-ethyl adjacent to an activating group) is 1. The lowest BCUT2D eigenvalue weighted by Crippen LogP contribution is -2.48. The first-order valence-corrected chi connectivity index (χ1v) is 8.28. The third kappa shape index (κ3) is 4.21. The van der Waals surface area contributed by atoms with Crippen molar-refractivity contribution in [1.29, 1.82) is 0 Å². The van der Waals surface area contributed by atoms with Crippen molar-refractivity contribution in [3.8, 4) is 11.5 Å². The number of carbonyl (C=O) groups is 1. The van der Waals surface area contributed by atoms with Gasteiger partial charge < -0.3 is 19.7 Å². The van der Waals surface area contributed by atoms with Gasteiger partial charge in [-0.2, -0.15) is 0 Å². The van der Waals surface area contributed by atoms with Gasteiger partial charge in [-0.15, -0.1) is 0 Å². The summed E-state index contributed by atoms with van der Waals surface area (Å²) in [6.07, 6.45) is 0.240. The third-order valence-corrected chi connectivity index (χ3v) is 4.05. The summed E-state index contributed by atoms with van der Waals surface area (Å²) in [5.41, 5.74) is 0.976. The number of hydrogen-bond acceptors (Lipinski definition) is 4. The fourth-order valence-corrected chi connectivity index (χ4v) is 2.79. The summed E-state index contributed by atoms with van der Waals surface area (Å²) in [6.45, 7) is 1.73. The van der Waals surface area contributed by atoms with E-state index in [1.165, 1.54) is 12.1 Å². The standard InChI is InChI=1S/C19H21FN2O3/c1-21-19(23)18-13-22(16-5-2-3-6-17(16)25-18)11-4-12-24-15-9-7-14(20)8-10-15/h2-3,5-10,18H,4,11-13H2,1H3,(H,21,23)/t18-/m0/s1. The Labute approximate surface area is 146 Å². The van der Waals surface area contributed by atoms with E-state index in [-0.39, 0.29) is 11.7 Å². The molecule has 0 radical (unpaired) electrons. The van der Waals surface area contributed by atoms with Crippen molar-refractivity contribution in [2.24, 2.45) is 0 Å². The normalized spacial score (nSPS) is 15.9. The molecule has 0 bridgehead atoms. The van der Waals surface area contributed by atoms with E-state index in [1.807, 2.05) is 24.3 Å².